The van der Waals surface area contributed by atoms with Crippen molar-refractivity contribution in [3.63, 3.8) is 0 Å². The molecule has 3 aromatic rings. The van der Waals surface area contributed by atoms with E-state index in [1.165, 1.54) is 19.1 Å². The predicted octanol–water partition coefficient (Wildman–Crippen LogP) is 4.85. The van der Waals surface area contributed by atoms with Crippen LogP contribution in [-0.2, 0) is 20.7 Å². The Bertz CT molecular complexity index is 1000. The molecule has 1 heterocycles. The highest BCUT2D eigenvalue weighted by Gasteiger charge is 2.19. The van der Waals surface area contributed by atoms with Gasteiger partial charge in [0, 0.05) is 23.5 Å². The molecule has 0 unspecified atom stereocenters. The van der Waals surface area contributed by atoms with E-state index in [0.29, 0.717) is 6.42 Å². The maximum absolute atomic E-state index is 13.1. The first-order chi connectivity index (χ1) is 13.4. The number of rotatable bonds is 7. The standard InChI is InChI=1S/C21H20ClFN2O3/c1-13(21(27)25-19-10-9-15(23)11-17(19)22)28-20(26)8-4-5-14-12-24-18-7-3-2-6-16(14)18/h2-3,6-7,9-13,24H,4-5,8H2,1H3,(H,25,27)/t13-/m0/s1. The number of para-hydroxylation sites is 1. The van der Waals surface area contributed by atoms with Crippen LogP contribution in [0.25, 0.3) is 10.9 Å². The largest absolute Gasteiger partial charge is 0.453 e. The summed E-state index contributed by atoms with van der Waals surface area (Å²) < 4.78 is 18.2. The van der Waals surface area contributed by atoms with Crippen LogP contribution in [0.15, 0.2) is 48.7 Å². The first-order valence-corrected chi connectivity index (χ1v) is 9.32. The number of halogens is 2. The van der Waals surface area contributed by atoms with Gasteiger partial charge in [-0.3, -0.25) is 9.59 Å². The summed E-state index contributed by atoms with van der Waals surface area (Å²) in [6.07, 6.45) is 2.50. The van der Waals surface area contributed by atoms with Crippen LogP contribution in [0.5, 0.6) is 0 Å². The number of hydrogen-bond donors (Lipinski definition) is 2. The number of carbonyl (C=O) groups excluding carboxylic acids is 2. The SMILES string of the molecule is C[C@H](OC(=O)CCCc1c[nH]c2ccccc12)C(=O)Nc1ccc(F)cc1Cl. The van der Waals surface area contributed by atoms with Crippen LogP contribution in [-0.4, -0.2) is 23.0 Å². The zero-order valence-corrected chi connectivity index (χ0v) is 16.1. The molecule has 0 bridgehead atoms. The van der Waals surface area contributed by atoms with Gasteiger partial charge in [0.1, 0.15) is 5.82 Å². The number of anilines is 1. The number of esters is 1. The summed E-state index contributed by atoms with van der Waals surface area (Å²) in [5, 5.41) is 3.74. The van der Waals surface area contributed by atoms with Gasteiger partial charge in [-0.15, -0.1) is 0 Å². The molecular weight excluding hydrogens is 383 g/mol. The van der Waals surface area contributed by atoms with Crippen molar-refractivity contribution in [3.8, 4) is 0 Å². The Morgan fingerprint density at radius 2 is 2.04 bits per heavy atom. The van der Waals surface area contributed by atoms with Crippen molar-refractivity contribution in [1.29, 1.82) is 0 Å². The smallest absolute Gasteiger partial charge is 0.306 e. The van der Waals surface area contributed by atoms with Crippen molar-refractivity contribution in [2.75, 3.05) is 5.32 Å². The monoisotopic (exact) mass is 402 g/mol. The number of aryl methyl sites for hydroxylation is 1. The lowest BCUT2D eigenvalue weighted by Gasteiger charge is -2.14. The molecule has 2 N–H and O–H groups in total. The van der Waals surface area contributed by atoms with Crippen LogP contribution in [0.3, 0.4) is 0 Å². The Labute approximate surface area is 166 Å². The van der Waals surface area contributed by atoms with Crippen LogP contribution in [0.4, 0.5) is 10.1 Å². The molecule has 146 valence electrons. The number of fused-ring (bicyclic) bond motifs is 1. The Morgan fingerprint density at radius 1 is 1.25 bits per heavy atom. The fourth-order valence-corrected chi connectivity index (χ4v) is 3.11. The zero-order chi connectivity index (χ0) is 20.1. The quantitative estimate of drug-likeness (QED) is 0.555. The van der Waals surface area contributed by atoms with E-state index in [0.717, 1.165) is 29.0 Å². The molecule has 0 saturated carbocycles. The molecule has 1 amide bonds. The normalized spacial score (nSPS) is 12.0. The average molecular weight is 403 g/mol. The molecule has 5 nitrogen and oxygen atoms in total. The number of ether oxygens (including phenoxy) is 1. The molecule has 2 aromatic carbocycles. The van der Waals surface area contributed by atoms with Gasteiger partial charge in [-0.25, -0.2) is 4.39 Å². The molecular formula is C21H20ClFN2O3. The molecule has 0 aliphatic carbocycles. The topological polar surface area (TPSA) is 71.2 Å². The van der Waals surface area contributed by atoms with E-state index >= 15 is 0 Å². The number of carbonyl (C=O) groups is 2. The minimum absolute atomic E-state index is 0.0746. The highest BCUT2D eigenvalue weighted by atomic mass is 35.5. The molecule has 0 fully saturated rings. The lowest BCUT2D eigenvalue weighted by Crippen LogP contribution is -2.30. The van der Waals surface area contributed by atoms with Crippen molar-refractivity contribution in [2.24, 2.45) is 0 Å². The first kappa shape index (κ1) is 19.9. The number of nitrogens with one attached hydrogen (secondary N) is 2. The Morgan fingerprint density at radius 3 is 2.82 bits per heavy atom. The Hall–Kier alpha value is -2.86. The van der Waals surface area contributed by atoms with Gasteiger partial charge in [-0.05, 0) is 49.6 Å². The van der Waals surface area contributed by atoms with Crippen LogP contribution in [0, 0.1) is 5.82 Å². The summed E-state index contributed by atoms with van der Waals surface area (Å²) in [4.78, 5) is 27.4. The van der Waals surface area contributed by atoms with E-state index in [1.54, 1.807) is 0 Å². The fraction of sp³-hybridized carbons (Fsp3) is 0.238. The molecule has 0 aliphatic heterocycles. The summed E-state index contributed by atoms with van der Waals surface area (Å²) in [5.74, 6) is -1.48. The number of amides is 1. The number of benzene rings is 2. The van der Waals surface area contributed by atoms with Gasteiger partial charge in [-0.1, -0.05) is 29.8 Å². The molecule has 28 heavy (non-hydrogen) atoms. The fourth-order valence-electron chi connectivity index (χ4n) is 2.90. The van der Waals surface area contributed by atoms with E-state index in [9.17, 15) is 14.0 Å². The van der Waals surface area contributed by atoms with Crippen LogP contribution < -0.4 is 5.32 Å². The molecule has 0 radical (unpaired) electrons. The molecule has 0 aliphatic rings. The minimum atomic E-state index is -0.985. The second-order valence-corrected chi connectivity index (χ2v) is 6.87. The van der Waals surface area contributed by atoms with E-state index < -0.39 is 23.8 Å². The second kappa shape index (κ2) is 8.89. The van der Waals surface area contributed by atoms with Gasteiger partial charge in [0.15, 0.2) is 6.10 Å². The number of hydrogen-bond acceptors (Lipinski definition) is 3. The highest BCUT2D eigenvalue weighted by molar-refractivity contribution is 6.33. The highest BCUT2D eigenvalue weighted by Crippen LogP contribution is 2.23. The molecule has 3 rings (SSSR count). The summed E-state index contributed by atoms with van der Waals surface area (Å²) in [6, 6.07) is 11.6. The Balaban J connectivity index is 1.46. The molecule has 7 heteroatoms. The van der Waals surface area contributed by atoms with Gasteiger partial charge in [0.25, 0.3) is 5.91 Å². The molecule has 1 aromatic heterocycles. The van der Waals surface area contributed by atoms with Crippen molar-refractivity contribution in [2.45, 2.75) is 32.3 Å². The van der Waals surface area contributed by atoms with Crippen LogP contribution in [0.2, 0.25) is 5.02 Å². The van der Waals surface area contributed by atoms with Gasteiger partial charge in [0.05, 0.1) is 10.7 Å². The third-order valence-corrected chi connectivity index (χ3v) is 4.68. The van der Waals surface area contributed by atoms with Crippen molar-refractivity contribution >= 4 is 40.1 Å². The molecule has 1 atom stereocenters. The first-order valence-electron chi connectivity index (χ1n) is 8.94. The second-order valence-electron chi connectivity index (χ2n) is 6.46. The number of H-pyrrole nitrogens is 1. The summed E-state index contributed by atoms with van der Waals surface area (Å²) in [6.45, 7) is 1.48. The van der Waals surface area contributed by atoms with Gasteiger partial charge >= 0.3 is 5.97 Å². The van der Waals surface area contributed by atoms with Crippen LogP contribution in [0.1, 0.15) is 25.3 Å². The van der Waals surface area contributed by atoms with E-state index in [-0.39, 0.29) is 17.1 Å². The lowest BCUT2D eigenvalue weighted by atomic mass is 10.1. The summed E-state index contributed by atoms with van der Waals surface area (Å²) >= 11 is 5.88. The van der Waals surface area contributed by atoms with Crippen molar-refractivity contribution in [1.82, 2.24) is 4.98 Å². The lowest BCUT2D eigenvalue weighted by molar-refractivity contribution is -0.153. The van der Waals surface area contributed by atoms with Gasteiger partial charge in [-0.2, -0.15) is 0 Å². The summed E-state index contributed by atoms with van der Waals surface area (Å²) in [7, 11) is 0. The maximum Gasteiger partial charge on any atom is 0.306 e. The molecule has 0 spiro atoms. The van der Waals surface area contributed by atoms with Crippen molar-refractivity contribution < 1.29 is 18.7 Å². The third kappa shape index (κ3) is 4.89. The van der Waals surface area contributed by atoms with Gasteiger partial charge < -0.3 is 15.0 Å². The zero-order valence-electron chi connectivity index (χ0n) is 15.3. The minimum Gasteiger partial charge on any atom is -0.453 e. The number of aromatic amines is 1. The van der Waals surface area contributed by atoms with E-state index in [1.807, 2.05) is 30.5 Å². The summed E-state index contributed by atoms with van der Waals surface area (Å²) in [5.41, 5.74) is 2.46. The van der Waals surface area contributed by atoms with Crippen molar-refractivity contribution in [3.05, 3.63) is 65.1 Å². The van der Waals surface area contributed by atoms with Crippen LogP contribution >= 0.6 is 11.6 Å². The molecule has 0 saturated heterocycles. The third-order valence-electron chi connectivity index (χ3n) is 4.37. The van der Waals surface area contributed by atoms with Gasteiger partial charge in [0.2, 0.25) is 0 Å². The van der Waals surface area contributed by atoms with E-state index in [2.05, 4.69) is 10.3 Å². The number of aromatic nitrogens is 1. The predicted molar refractivity (Wildman–Crippen MR) is 107 cm³/mol. The average Bonchev–Trinajstić information content (AvgIpc) is 3.07. The Kier molecular flexibility index (Phi) is 6.31. The maximum atomic E-state index is 13.1. The van der Waals surface area contributed by atoms with E-state index in [4.69, 9.17) is 16.3 Å².